The highest BCUT2D eigenvalue weighted by Crippen LogP contribution is 2.18. The minimum absolute atomic E-state index is 0.292. The highest BCUT2D eigenvalue weighted by molar-refractivity contribution is 5.29. The van der Waals surface area contributed by atoms with Crippen LogP contribution >= 0.6 is 0 Å². The molecule has 21 heavy (non-hydrogen) atoms. The molecule has 0 atom stereocenters. The van der Waals surface area contributed by atoms with Gasteiger partial charge in [0.2, 0.25) is 0 Å². The minimum atomic E-state index is -0.321. The van der Waals surface area contributed by atoms with Crippen molar-refractivity contribution in [3.05, 3.63) is 29.6 Å². The van der Waals surface area contributed by atoms with Gasteiger partial charge >= 0.3 is 0 Å². The molecule has 0 radical (unpaired) electrons. The minimum Gasteiger partial charge on any atom is -0.490 e. The van der Waals surface area contributed by atoms with Gasteiger partial charge in [-0.3, -0.25) is 0 Å². The number of ether oxygens (including phenoxy) is 3. The molecule has 0 unspecified atom stereocenters. The van der Waals surface area contributed by atoms with E-state index in [0.717, 1.165) is 12.0 Å². The Bertz CT molecular complexity index is 399. The van der Waals surface area contributed by atoms with Crippen molar-refractivity contribution >= 4 is 0 Å². The molecule has 0 bridgehead atoms. The molecule has 0 aliphatic carbocycles. The van der Waals surface area contributed by atoms with Crippen molar-refractivity contribution in [2.45, 2.75) is 32.9 Å². The fourth-order valence-electron chi connectivity index (χ4n) is 1.68. The van der Waals surface area contributed by atoms with E-state index >= 15 is 0 Å². The lowest BCUT2D eigenvalue weighted by Gasteiger charge is -2.11. The van der Waals surface area contributed by atoms with Crippen LogP contribution in [0.1, 0.15) is 25.8 Å². The quantitative estimate of drug-likeness (QED) is 0.638. The Labute approximate surface area is 126 Å². The van der Waals surface area contributed by atoms with Gasteiger partial charge in [-0.15, -0.1) is 0 Å². The van der Waals surface area contributed by atoms with E-state index in [-0.39, 0.29) is 5.82 Å². The van der Waals surface area contributed by atoms with Gasteiger partial charge in [-0.05, 0) is 17.7 Å². The summed E-state index contributed by atoms with van der Waals surface area (Å²) in [6, 6.07) is 5.45. The van der Waals surface area contributed by atoms with Gasteiger partial charge in [-0.2, -0.15) is 0 Å². The summed E-state index contributed by atoms with van der Waals surface area (Å²) in [6.45, 7) is 6.95. The lowest BCUT2D eigenvalue weighted by molar-refractivity contribution is 0.0642. The van der Waals surface area contributed by atoms with Crippen LogP contribution in [0.3, 0.4) is 0 Å². The lowest BCUT2D eigenvalue weighted by Crippen LogP contribution is -2.21. The van der Waals surface area contributed by atoms with Gasteiger partial charge in [0.15, 0.2) is 11.6 Å². The van der Waals surface area contributed by atoms with Crippen molar-refractivity contribution in [3.63, 3.8) is 0 Å². The second-order valence-corrected chi connectivity index (χ2v) is 5.11. The number of methoxy groups -OCH3 is 1. The van der Waals surface area contributed by atoms with Crippen LogP contribution < -0.4 is 10.1 Å². The Balaban J connectivity index is 2.26. The van der Waals surface area contributed by atoms with Crippen molar-refractivity contribution in [3.8, 4) is 5.75 Å². The topological polar surface area (TPSA) is 39.7 Å². The molecule has 5 heteroatoms. The van der Waals surface area contributed by atoms with Gasteiger partial charge in [0.05, 0.1) is 19.8 Å². The lowest BCUT2D eigenvalue weighted by atomic mass is 10.2. The molecule has 0 aliphatic rings. The first-order valence-electron chi connectivity index (χ1n) is 7.34. The Morgan fingerprint density at radius 2 is 1.95 bits per heavy atom. The Morgan fingerprint density at radius 3 is 2.62 bits per heavy atom. The number of rotatable bonds is 11. The zero-order valence-corrected chi connectivity index (χ0v) is 13.2. The van der Waals surface area contributed by atoms with E-state index in [1.165, 1.54) is 6.07 Å². The molecular formula is C16H26FNO3. The predicted molar refractivity (Wildman–Crippen MR) is 81.2 cm³/mol. The van der Waals surface area contributed by atoms with Gasteiger partial charge in [0, 0.05) is 32.7 Å². The fourth-order valence-corrected chi connectivity index (χ4v) is 1.68. The molecule has 0 fully saturated rings. The van der Waals surface area contributed by atoms with Crippen molar-refractivity contribution in [2.75, 3.05) is 33.5 Å². The van der Waals surface area contributed by atoms with Crippen molar-refractivity contribution in [1.29, 1.82) is 0 Å². The van der Waals surface area contributed by atoms with E-state index in [1.807, 2.05) is 6.07 Å². The van der Waals surface area contributed by atoms with Crippen LogP contribution in [-0.2, 0) is 16.0 Å². The first-order chi connectivity index (χ1) is 10.1. The first-order valence-corrected chi connectivity index (χ1v) is 7.34. The maximum Gasteiger partial charge on any atom is 0.165 e. The van der Waals surface area contributed by atoms with E-state index in [1.54, 1.807) is 13.2 Å². The summed E-state index contributed by atoms with van der Waals surface area (Å²) in [4.78, 5) is 0. The molecule has 0 spiro atoms. The molecule has 0 saturated carbocycles. The molecule has 4 nitrogen and oxygen atoms in total. The highest BCUT2D eigenvalue weighted by atomic mass is 19.1. The summed E-state index contributed by atoms with van der Waals surface area (Å²) < 4.78 is 29.4. The van der Waals surface area contributed by atoms with E-state index in [9.17, 15) is 4.39 Å². The largest absolute Gasteiger partial charge is 0.490 e. The van der Waals surface area contributed by atoms with Crippen molar-refractivity contribution < 1.29 is 18.6 Å². The summed E-state index contributed by atoms with van der Waals surface area (Å²) in [6.07, 6.45) is 0.722. The van der Waals surface area contributed by atoms with Gasteiger partial charge in [-0.25, -0.2) is 4.39 Å². The normalized spacial score (nSPS) is 11.1. The van der Waals surface area contributed by atoms with Crippen LogP contribution in [0.2, 0.25) is 0 Å². The second-order valence-electron chi connectivity index (χ2n) is 5.11. The molecule has 120 valence electrons. The van der Waals surface area contributed by atoms with Crippen LogP contribution in [0, 0.1) is 5.82 Å². The number of halogens is 1. The van der Waals surface area contributed by atoms with Gasteiger partial charge in [0.25, 0.3) is 0 Å². The summed E-state index contributed by atoms with van der Waals surface area (Å²) in [7, 11) is 1.63. The Hall–Kier alpha value is -1.17. The van der Waals surface area contributed by atoms with Gasteiger partial charge < -0.3 is 19.5 Å². The molecule has 0 aliphatic heterocycles. The average Bonchev–Trinajstić information content (AvgIpc) is 2.46. The smallest absolute Gasteiger partial charge is 0.165 e. The molecule has 0 aromatic heterocycles. The van der Waals surface area contributed by atoms with E-state index in [0.29, 0.717) is 44.8 Å². The molecule has 0 heterocycles. The zero-order valence-electron chi connectivity index (χ0n) is 13.2. The third-order valence-corrected chi connectivity index (χ3v) is 2.83. The molecule has 0 saturated heterocycles. The number of hydrogen-bond acceptors (Lipinski definition) is 4. The first kappa shape index (κ1) is 17.9. The summed E-state index contributed by atoms with van der Waals surface area (Å²) in [5.41, 5.74) is 0.913. The van der Waals surface area contributed by atoms with Crippen molar-refractivity contribution in [1.82, 2.24) is 5.32 Å². The maximum atomic E-state index is 13.8. The zero-order chi connectivity index (χ0) is 15.5. The van der Waals surface area contributed by atoms with Crippen molar-refractivity contribution in [2.24, 2.45) is 0 Å². The maximum absolute atomic E-state index is 13.8. The third-order valence-electron chi connectivity index (χ3n) is 2.83. The summed E-state index contributed by atoms with van der Waals surface area (Å²) in [5.74, 6) is -0.0291. The van der Waals surface area contributed by atoms with Crippen LogP contribution in [0.5, 0.6) is 5.75 Å². The molecular weight excluding hydrogens is 273 g/mol. The molecule has 1 aromatic carbocycles. The SMILES string of the molecule is COCCOCCCOc1ccc(CNC(C)C)cc1F. The number of hydrogen-bond donors (Lipinski definition) is 1. The molecule has 1 rings (SSSR count). The van der Waals surface area contributed by atoms with E-state index in [2.05, 4.69) is 19.2 Å². The molecule has 0 amide bonds. The third kappa shape index (κ3) is 7.99. The second kappa shape index (κ2) is 10.5. The van der Waals surface area contributed by atoms with Gasteiger partial charge in [-0.1, -0.05) is 19.9 Å². The van der Waals surface area contributed by atoms with Crippen LogP contribution in [0.4, 0.5) is 4.39 Å². The van der Waals surface area contributed by atoms with Crippen LogP contribution in [0.25, 0.3) is 0 Å². The summed E-state index contributed by atoms with van der Waals surface area (Å²) in [5, 5.41) is 3.25. The average molecular weight is 299 g/mol. The Kier molecular flexibility index (Phi) is 8.98. The van der Waals surface area contributed by atoms with Gasteiger partial charge in [0.1, 0.15) is 0 Å². The van der Waals surface area contributed by atoms with Crippen LogP contribution in [-0.4, -0.2) is 39.6 Å². The fraction of sp³-hybridized carbons (Fsp3) is 0.625. The van der Waals surface area contributed by atoms with Crippen LogP contribution in [0.15, 0.2) is 18.2 Å². The standard InChI is InChI=1S/C16H26FNO3/c1-13(2)18-12-14-5-6-16(15(17)11-14)21-8-4-7-20-10-9-19-3/h5-6,11,13,18H,4,7-10,12H2,1-3H3. The monoisotopic (exact) mass is 299 g/mol. The van der Waals surface area contributed by atoms with E-state index in [4.69, 9.17) is 14.2 Å². The predicted octanol–water partition coefficient (Wildman–Crippen LogP) is 2.76. The summed E-state index contributed by atoms with van der Waals surface area (Å²) >= 11 is 0. The van der Waals surface area contributed by atoms with E-state index < -0.39 is 0 Å². The number of nitrogens with one attached hydrogen (secondary N) is 1. The highest BCUT2D eigenvalue weighted by Gasteiger charge is 2.05. The Morgan fingerprint density at radius 1 is 1.14 bits per heavy atom. The number of benzene rings is 1. The molecule has 1 aromatic rings. The molecule has 1 N–H and O–H groups in total.